The van der Waals surface area contributed by atoms with Gasteiger partial charge in [-0.15, -0.1) is 0 Å². The Labute approximate surface area is 109 Å². The van der Waals surface area contributed by atoms with Gasteiger partial charge in [0.1, 0.15) is 0 Å². The molecule has 0 aromatic heterocycles. The number of hydrogen-bond donors (Lipinski definition) is 1. The summed E-state index contributed by atoms with van der Waals surface area (Å²) >= 11 is 0. The van der Waals surface area contributed by atoms with Crippen LogP contribution in [0.2, 0.25) is 0 Å². The second-order valence-electron chi connectivity index (χ2n) is 4.80. The third kappa shape index (κ3) is 3.65. The Hall–Kier alpha value is -1.19. The minimum Gasteiger partial charge on any atom is -0.378 e. The van der Waals surface area contributed by atoms with Crippen LogP contribution in [0.3, 0.4) is 0 Å². The lowest BCUT2D eigenvalue weighted by molar-refractivity contribution is 0.0676. The minimum absolute atomic E-state index is 0.168. The van der Waals surface area contributed by atoms with Crippen molar-refractivity contribution in [2.75, 3.05) is 19.8 Å². The molecule has 2 rings (SSSR count). The van der Waals surface area contributed by atoms with Crippen molar-refractivity contribution in [1.29, 1.82) is 0 Å². The van der Waals surface area contributed by atoms with Crippen molar-refractivity contribution in [3.63, 3.8) is 0 Å². The van der Waals surface area contributed by atoms with Crippen molar-refractivity contribution in [3.05, 3.63) is 35.4 Å². The molecule has 1 heterocycles. The molecule has 1 atom stereocenters. The fourth-order valence-corrected chi connectivity index (χ4v) is 2.28. The zero-order valence-electron chi connectivity index (χ0n) is 10.9. The van der Waals surface area contributed by atoms with Gasteiger partial charge in [0.2, 0.25) is 0 Å². The first kappa shape index (κ1) is 13.2. The normalized spacial score (nSPS) is 19.7. The van der Waals surface area contributed by atoms with Crippen LogP contribution in [-0.2, 0) is 11.2 Å². The quantitative estimate of drug-likeness (QED) is 0.811. The molecule has 1 unspecified atom stereocenters. The van der Waals surface area contributed by atoms with Crippen molar-refractivity contribution < 1.29 is 9.53 Å². The SMILES string of the molecule is CCCc1cccc(C(=O)CC2COCCN2)c1. The average molecular weight is 247 g/mol. The molecule has 0 saturated carbocycles. The van der Waals surface area contributed by atoms with E-state index in [0.717, 1.165) is 31.6 Å². The molecule has 1 aromatic carbocycles. The van der Waals surface area contributed by atoms with Gasteiger partial charge in [-0.2, -0.15) is 0 Å². The number of ether oxygens (including phenoxy) is 1. The molecule has 1 aromatic rings. The van der Waals surface area contributed by atoms with E-state index in [1.54, 1.807) is 0 Å². The predicted molar refractivity (Wildman–Crippen MR) is 72.0 cm³/mol. The van der Waals surface area contributed by atoms with Gasteiger partial charge >= 0.3 is 0 Å². The topological polar surface area (TPSA) is 38.3 Å². The summed E-state index contributed by atoms with van der Waals surface area (Å²) < 4.78 is 5.37. The number of morpholine rings is 1. The van der Waals surface area contributed by atoms with Crippen molar-refractivity contribution in [3.8, 4) is 0 Å². The fourth-order valence-electron chi connectivity index (χ4n) is 2.28. The molecule has 1 aliphatic heterocycles. The smallest absolute Gasteiger partial charge is 0.164 e. The Balaban J connectivity index is 1.96. The predicted octanol–water partition coefficient (Wildman–Crippen LogP) is 2.20. The van der Waals surface area contributed by atoms with Gasteiger partial charge in [-0.25, -0.2) is 0 Å². The van der Waals surface area contributed by atoms with Crippen LogP contribution in [0.15, 0.2) is 24.3 Å². The highest BCUT2D eigenvalue weighted by molar-refractivity contribution is 5.96. The van der Waals surface area contributed by atoms with Crippen molar-refractivity contribution >= 4 is 5.78 Å². The number of nitrogens with one attached hydrogen (secondary N) is 1. The Bertz CT molecular complexity index is 397. The van der Waals surface area contributed by atoms with E-state index in [-0.39, 0.29) is 11.8 Å². The maximum Gasteiger partial charge on any atom is 0.164 e. The van der Waals surface area contributed by atoms with Crippen molar-refractivity contribution in [2.45, 2.75) is 32.2 Å². The maximum absolute atomic E-state index is 12.2. The fraction of sp³-hybridized carbons (Fsp3) is 0.533. The third-order valence-electron chi connectivity index (χ3n) is 3.22. The van der Waals surface area contributed by atoms with Crippen LogP contribution in [0.4, 0.5) is 0 Å². The summed E-state index contributed by atoms with van der Waals surface area (Å²) in [7, 11) is 0. The van der Waals surface area contributed by atoms with E-state index in [1.165, 1.54) is 5.56 Å². The van der Waals surface area contributed by atoms with Crippen molar-refractivity contribution in [1.82, 2.24) is 5.32 Å². The summed E-state index contributed by atoms with van der Waals surface area (Å²) in [6, 6.07) is 8.16. The molecule has 98 valence electrons. The van der Waals surface area contributed by atoms with Crippen LogP contribution in [-0.4, -0.2) is 31.6 Å². The van der Waals surface area contributed by atoms with E-state index in [1.807, 2.05) is 18.2 Å². The molecule has 1 aliphatic rings. The molecule has 0 aliphatic carbocycles. The lowest BCUT2D eigenvalue weighted by Crippen LogP contribution is -2.42. The number of benzene rings is 1. The van der Waals surface area contributed by atoms with E-state index in [2.05, 4.69) is 18.3 Å². The molecule has 18 heavy (non-hydrogen) atoms. The molecule has 3 nitrogen and oxygen atoms in total. The first-order valence-corrected chi connectivity index (χ1v) is 6.73. The lowest BCUT2D eigenvalue weighted by atomic mass is 10.00. The van der Waals surface area contributed by atoms with E-state index >= 15 is 0 Å². The lowest BCUT2D eigenvalue weighted by Gasteiger charge is -2.23. The van der Waals surface area contributed by atoms with Crippen LogP contribution in [0.25, 0.3) is 0 Å². The number of carbonyl (C=O) groups is 1. The van der Waals surface area contributed by atoms with Crippen LogP contribution in [0, 0.1) is 0 Å². The van der Waals surface area contributed by atoms with Gasteiger partial charge in [-0.1, -0.05) is 31.5 Å². The molecule has 3 heteroatoms. The summed E-state index contributed by atoms with van der Waals surface area (Å²) in [6.07, 6.45) is 2.66. The standard InChI is InChI=1S/C15H21NO2/c1-2-4-12-5-3-6-13(9-12)15(17)10-14-11-18-8-7-16-14/h3,5-6,9,14,16H,2,4,7-8,10-11H2,1H3. The van der Waals surface area contributed by atoms with E-state index in [9.17, 15) is 4.79 Å². The van der Waals surface area contributed by atoms with Gasteiger partial charge in [0, 0.05) is 24.6 Å². The Morgan fingerprint density at radius 2 is 2.39 bits per heavy atom. The monoisotopic (exact) mass is 247 g/mol. The van der Waals surface area contributed by atoms with Crippen LogP contribution in [0.5, 0.6) is 0 Å². The number of carbonyl (C=O) groups excluding carboxylic acids is 1. The number of ketones is 1. The average Bonchev–Trinajstić information content (AvgIpc) is 2.40. The molecule has 1 saturated heterocycles. The van der Waals surface area contributed by atoms with Crippen LogP contribution in [0.1, 0.15) is 35.7 Å². The van der Waals surface area contributed by atoms with E-state index in [4.69, 9.17) is 4.74 Å². The summed E-state index contributed by atoms with van der Waals surface area (Å²) in [6.45, 7) is 4.38. The first-order chi connectivity index (χ1) is 8.79. The molecular weight excluding hydrogens is 226 g/mol. The first-order valence-electron chi connectivity index (χ1n) is 6.73. The van der Waals surface area contributed by atoms with Gasteiger partial charge in [-0.05, 0) is 18.1 Å². The third-order valence-corrected chi connectivity index (χ3v) is 3.22. The Morgan fingerprint density at radius 1 is 1.50 bits per heavy atom. The zero-order valence-corrected chi connectivity index (χ0v) is 10.9. The molecule has 0 bridgehead atoms. The Morgan fingerprint density at radius 3 is 3.11 bits per heavy atom. The molecular formula is C15H21NO2. The van der Waals surface area contributed by atoms with Crippen molar-refractivity contribution in [2.24, 2.45) is 0 Å². The zero-order chi connectivity index (χ0) is 12.8. The maximum atomic E-state index is 12.2. The van der Waals surface area contributed by atoms with Gasteiger partial charge in [0.25, 0.3) is 0 Å². The molecule has 0 spiro atoms. The Kier molecular flexibility index (Phi) is 4.90. The second-order valence-corrected chi connectivity index (χ2v) is 4.80. The molecule has 0 radical (unpaired) electrons. The van der Waals surface area contributed by atoms with E-state index < -0.39 is 0 Å². The summed E-state index contributed by atoms with van der Waals surface area (Å²) in [5, 5.41) is 3.31. The van der Waals surface area contributed by atoms with Gasteiger partial charge < -0.3 is 10.1 Å². The number of hydrogen-bond acceptors (Lipinski definition) is 3. The van der Waals surface area contributed by atoms with Gasteiger partial charge in [0.05, 0.1) is 13.2 Å². The van der Waals surface area contributed by atoms with Gasteiger partial charge in [0.15, 0.2) is 5.78 Å². The number of aryl methyl sites for hydroxylation is 1. The minimum atomic E-state index is 0.168. The highest BCUT2D eigenvalue weighted by atomic mass is 16.5. The molecule has 1 N–H and O–H groups in total. The molecule has 0 amide bonds. The number of rotatable bonds is 5. The summed E-state index contributed by atoms with van der Waals surface area (Å²) in [4.78, 5) is 12.2. The largest absolute Gasteiger partial charge is 0.378 e. The molecule has 1 fully saturated rings. The second kappa shape index (κ2) is 6.66. The highest BCUT2D eigenvalue weighted by Crippen LogP contribution is 2.11. The highest BCUT2D eigenvalue weighted by Gasteiger charge is 2.17. The van der Waals surface area contributed by atoms with Gasteiger partial charge in [-0.3, -0.25) is 4.79 Å². The summed E-state index contributed by atoms with van der Waals surface area (Å²) in [5.74, 6) is 0.205. The van der Waals surface area contributed by atoms with E-state index in [0.29, 0.717) is 13.0 Å². The van der Waals surface area contributed by atoms with Crippen LogP contribution < -0.4 is 5.32 Å². The number of Topliss-reactive ketones (excluding diaryl/α,β-unsaturated/α-hetero) is 1. The summed E-state index contributed by atoms with van der Waals surface area (Å²) in [5.41, 5.74) is 2.07. The van der Waals surface area contributed by atoms with Crippen LogP contribution >= 0.6 is 0 Å².